The van der Waals surface area contributed by atoms with Crippen LogP contribution in [-0.2, 0) is 29.1 Å². The molecule has 1 aromatic carbocycles. The molecule has 0 radical (unpaired) electrons. The topological polar surface area (TPSA) is 211 Å². The second-order valence-electron chi connectivity index (χ2n) is 10.2. The van der Waals surface area contributed by atoms with Crippen LogP contribution in [0.3, 0.4) is 0 Å². The average Bonchev–Trinajstić information content (AvgIpc) is 2.97. The van der Waals surface area contributed by atoms with Crippen molar-refractivity contribution in [1.29, 1.82) is 0 Å². The molecule has 0 aliphatic heterocycles. The Morgan fingerprint density at radius 3 is 1.43 bits per heavy atom. The number of rotatable bonds is 19. The molecule has 14 nitrogen and oxygen atoms in total. The number of pyridine rings is 2. The van der Waals surface area contributed by atoms with Gasteiger partial charge in [0.15, 0.2) is 0 Å². The molecule has 0 aliphatic rings. The van der Waals surface area contributed by atoms with Crippen molar-refractivity contribution in [2.45, 2.75) is 19.5 Å². The number of carbonyl (C=O) groups is 4. The Morgan fingerprint density at radius 2 is 1.02 bits per heavy atom. The van der Waals surface area contributed by atoms with Gasteiger partial charge in [-0.1, -0.05) is 24.3 Å². The van der Waals surface area contributed by atoms with Crippen molar-refractivity contribution in [3.05, 3.63) is 89.0 Å². The van der Waals surface area contributed by atoms with Gasteiger partial charge in [0.25, 0.3) is 0 Å². The lowest BCUT2D eigenvalue weighted by Crippen LogP contribution is -2.42. The molecular formula is C30H36N6O8. The molecule has 6 N–H and O–H groups in total. The highest BCUT2D eigenvalue weighted by atomic mass is 16.4. The number of nitrogens with zero attached hydrogens (tertiary/aromatic N) is 5. The van der Waals surface area contributed by atoms with Crippen molar-refractivity contribution in [2.75, 3.05) is 51.5 Å². The minimum Gasteiger partial charge on any atom is -0.480 e. The summed E-state index contributed by atoms with van der Waals surface area (Å²) in [5, 5.41) is 37.6. The van der Waals surface area contributed by atoms with Gasteiger partial charge in [-0.25, -0.2) is 19.6 Å². The van der Waals surface area contributed by atoms with E-state index in [0.29, 0.717) is 56.2 Å². The zero-order chi connectivity index (χ0) is 32.1. The number of carboxylic acids is 4. The van der Waals surface area contributed by atoms with E-state index in [1.807, 2.05) is 12.1 Å². The maximum Gasteiger partial charge on any atom is 0.354 e. The first-order chi connectivity index (χ1) is 21.0. The summed E-state index contributed by atoms with van der Waals surface area (Å²) < 4.78 is 0. The number of carboxylic acid groups (broad SMARTS) is 4. The van der Waals surface area contributed by atoms with Crippen LogP contribution in [0.15, 0.2) is 60.7 Å². The van der Waals surface area contributed by atoms with Gasteiger partial charge in [0, 0.05) is 51.5 Å². The smallest absolute Gasteiger partial charge is 0.354 e. The van der Waals surface area contributed by atoms with Gasteiger partial charge in [0.2, 0.25) is 0 Å². The third-order valence-corrected chi connectivity index (χ3v) is 6.70. The minimum absolute atomic E-state index is 0.121. The second kappa shape index (κ2) is 16.6. The van der Waals surface area contributed by atoms with Gasteiger partial charge in [-0.2, -0.15) is 0 Å². The fourth-order valence-corrected chi connectivity index (χ4v) is 4.51. The fourth-order valence-electron chi connectivity index (χ4n) is 4.51. The molecular weight excluding hydrogens is 572 g/mol. The highest BCUT2D eigenvalue weighted by molar-refractivity contribution is 5.85. The van der Waals surface area contributed by atoms with Gasteiger partial charge in [-0.3, -0.25) is 19.4 Å². The summed E-state index contributed by atoms with van der Waals surface area (Å²) >= 11 is 0. The SMILES string of the molecule is Nc1ccc(CCN(CCN(CC(=O)O)Cc2cccc(C(=O)O)n2)CCN(CC(=O)O)Cc2cccc(C(=O)O)n2)cc1. The number of anilines is 1. The molecule has 0 aliphatic carbocycles. The standard InChI is InChI=1S/C30H36N6O8/c31-22-9-7-21(8-10-22)11-12-34(13-15-35(19-27(37)38)17-23-3-1-5-25(32-23)29(41)42)14-16-36(20-28(39)40)18-24-4-2-6-26(33-24)30(43)44/h1-10H,11-20,31H2,(H,37,38)(H,39,40)(H,41,42)(H,43,44). The monoisotopic (exact) mass is 608 g/mol. The number of benzene rings is 1. The number of aliphatic carboxylic acids is 2. The molecule has 14 heteroatoms. The normalized spacial score (nSPS) is 11.2. The Labute approximate surface area is 254 Å². The first-order valence-corrected chi connectivity index (χ1v) is 13.8. The highest BCUT2D eigenvalue weighted by Gasteiger charge is 2.18. The van der Waals surface area contributed by atoms with E-state index in [-0.39, 0.29) is 37.6 Å². The first kappa shape index (κ1) is 33.6. The Balaban J connectivity index is 1.74. The van der Waals surface area contributed by atoms with Crippen molar-refractivity contribution in [2.24, 2.45) is 0 Å². The molecule has 0 fully saturated rings. The average molecular weight is 609 g/mol. The summed E-state index contributed by atoms with van der Waals surface area (Å²) in [6, 6.07) is 16.6. The number of hydrogen-bond acceptors (Lipinski definition) is 10. The van der Waals surface area contributed by atoms with Gasteiger partial charge in [0.05, 0.1) is 24.5 Å². The van der Waals surface area contributed by atoms with Crippen LogP contribution in [0, 0.1) is 0 Å². The molecule has 0 saturated carbocycles. The first-order valence-electron chi connectivity index (χ1n) is 13.8. The van der Waals surface area contributed by atoms with Crippen LogP contribution in [0.4, 0.5) is 5.69 Å². The predicted octanol–water partition coefficient (Wildman–Crippen LogP) is 1.47. The third kappa shape index (κ3) is 11.8. The van der Waals surface area contributed by atoms with E-state index in [9.17, 15) is 39.6 Å². The summed E-state index contributed by atoms with van der Waals surface area (Å²) in [6.45, 7) is 1.71. The van der Waals surface area contributed by atoms with Gasteiger partial charge in [-0.05, 0) is 48.4 Å². The van der Waals surface area contributed by atoms with Crippen LogP contribution in [0.1, 0.15) is 37.9 Å². The van der Waals surface area contributed by atoms with E-state index >= 15 is 0 Å². The number of nitrogen functional groups attached to an aromatic ring is 1. The molecule has 0 saturated heterocycles. The van der Waals surface area contributed by atoms with Crippen LogP contribution >= 0.6 is 0 Å². The summed E-state index contributed by atoms with van der Waals surface area (Å²) in [5.74, 6) is -4.45. The van der Waals surface area contributed by atoms with E-state index in [1.165, 1.54) is 12.1 Å². The van der Waals surface area contributed by atoms with Gasteiger partial charge in [-0.15, -0.1) is 0 Å². The lowest BCUT2D eigenvalue weighted by molar-refractivity contribution is -0.139. The number of hydrogen-bond donors (Lipinski definition) is 5. The zero-order valence-corrected chi connectivity index (χ0v) is 24.1. The van der Waals surface area contributed by atoms with E-state index in [4.69, 9.17) is 5.73 Å². The van der Waals surface area contributed by atoms with Crippen molar-refractivity contribution in [3.63, 3.8) is 0 Å². The van der Waals surface area contributed by atoms with Crippen LogP contribution in [0.5, 0.6) is 0 Å². The summed E-state index contributed by atoms with van der Waals surface area (Å²) in [5.41, 5.74) is 8.06. The fraction of sp³-hybridized carbons (Fsp3) is 0.333. The van der Waals surface area contributed by atoms with Crippen LogP contribution in [-0.4, -0.2) is 115 Å². The molecule has 44 heavy (non-hydrogen) atoms. The van der Waals surface area contributed by atoms with Gasteiger partial charge < -0.3 is 31.1 Å². The molecule has 0 bridgehead atoms. The van der Waals surface area contributed by atoms with Gasteiger partial charge >= 0.3 is 23.9 Å². The predicted molar refractivity (Wildman–Crippen MR) is 159 cm³/mol. The van der Waals surface area contributed by atoms with Crippen molar-refractivity contribution >= 4 is 29.6 Å². The molecule has 234 valence electrons. The Bertz CT molecular complexity index is 1350. The zero-order valence-electron chi connectivity index (χ0n) is 24.1. The molecule has 0 amide bonds. The summed E-state index contributed by atoms with van der Waals surface area (Å²) in [4.78, 5) is 59.6. The maximum absolute atomic E-state index is 11.6. The van der Waals surface area contributed by atoms with E-state index in [2.05, 4.69) is 14.9 Å². The van der Waals surface area contributed by atoms with E-state index in [1.54, 1.807) is 46.2 Å². The Hall–Kier alpha value is -4.92. The van der Waals surface area contributed by atoms with E-state index in [0.717, 1.165) is 5.56 Å². The van der Waals surface area contributed by atoms with Crippen molar-refractivity contribution < 1.29 is 39.6 Å². The third-order valence-electron chi connectivity index (χ3n) is 6.70. The number of nitrogens with two attached hydrogens (primary N) is 1. The Kier molecular flexibility index (Phi) is 12.7. The molecule has 0 atom stereocenters. The van der Waals surface area contributed by atoms with Crippen molar-refractivity contribution in [3.8, 4) is 0 Å². The van der Waals surface area contributed by atoms with Crippen LogP contribution in [0.25, 0.3) is 0 Å². The second-order valence-corrected chi connectivity index (χ2v) is 10.2. The number of aromatic nitrogens is 2. The maximum atomic E-state index is 11.6. The lowest BCUT2D eigenvalue weighted by atomic mass is 10.1. The van der Waals surface area contributed by atoms with Crippen LogP contribution < -0.4 is 5.73 Å². The number of aromatic carboxylic acids is 2. The molecule has 3 aromatic rings. The van der Waals surface area contributed by atoms with E-state index < -0.39 is 23.9 Å². The quantitative estimate of drug-likeness (QED) is 0.122. The molecule has 2 heterocycles. The largest absolute Gasteiger partial charge is 0.480 e. The molecule has 3 rings (SSSR count). The van der Waals surface area contributed by atoms with Crippen molar-refractivity contribution in [1.82, 2.24) is 24.7 Å². The molecule has 0 spiro atoms. The molecule has 0 unspecified atom stereocenters. The molecule has 2 aromatic heterocycles. The highest BCUT2D eigenvalue weighted by Crippen LogP contribution is 2.10. The lowest BCUT2D eigenvalue weighted by Gasteiger charge is -2.29. The van der Waals surface area contributed by atoms with Gasteiger partial charge in [0.1, 0.15) is 11.4 Å². The summed E-state index contributed by atoms with van der Waals surface area (Å²) in [7, 11) is 0. The Morgan fingerprint density at radius 1 is 0.591 bits per heavy atom. The summed E-state index contributed by atoms with van der Waals surface area (Å²) in [6.07, 6.45) is 0.655. The van der Waals surface area contributed by atoms with Crippen LogP contribution in [0.2, 0.25) is 0 Å². The minimum atomic E-state index is -1.18.